The summed E-state index contributed by atoms with van der Waals surface area (Å²) in [6.45, 7) is 0.257. The Bertz CT molecular complexity index is 1000. The zero-order valence-corrected chi connectivity index (χ0v) is 14.7. The van der Waals surface area contributed by atoms with Gasteiger partial charge in [0.05, 0.1) is 24.2 Å². The molecule has 3 rings (SSSR count). The summed E-state index contributed by atoms with van der Waals surface area (Å²) >= 11 is 6.16. The molecule has 0 aliphatic carbocycles. The van der Waals surface area contributed by atoms with Crippen LogP contribution in [-0.2, 0) is 11.3 Å². The van der Waals surface area contributed by atoms with E-state index in [0.717, 1.165) is 5.56 Å². The highest BCUT2D eigenvalue weighted by Crippen LogP contribution is 2.24. The predicted molar refractivity (Wildman–Crippen MR) is 97.7 cm³/mol. The van der Waals surface area contributed by atoms with E-state index in [1.165, 1.54) is 0 Å². The Morgan fingerprint density at radius 2 is 1.96 bits per heavy atom. The van der Waals surface area contributed by atoms with Crippen LogP contribution < -0.4 is 10.1 Å². The van der Waals surface area contributed by atoms with Crippen molar-refractivity contribution in [3.05, 3.63) is 64.9 Å². The van der Waals surface area contributed by atoms with E-state index in [0.29, 0.717) is 16.8 Å². The fourth-order valence-electron chi connectivity index (χ4n) is 2.49. The number of amides is 1. The van der Waals surface area contributed by atoms with Gasteiger partial charge in [0.25, 0.3) is 0 Å². The van der Waals surface area contributed by atoms with Gasteiger partial charge in [-0.15, -0.1) is 0 Å². The Morgan fingerprint density at radius 3 is 2.65 bits per heavy atom. The number of hydrogen-bond donors (Lipinski definition) is 1. The summed E-state index contributed by atoms with van der Waals surface area (Å²) < 4.78 is 5.16. The number of ether oxygens (including phenoxy) is 1. The maximum Gasteiger partial charge on any atom is 0.243 e. The smallest absolute Gasteiger partial charge is 0.243 e. The number of aromatic nitrogens is 2. The minimum absolute atomic E-state index is 0.0479. The first-order valence-electron chi connectivity index (χ1n) is 7.85. The van der Waals surface area contributed by atoms with Crippen molar-refractivity contribution < 1.29 is 9.53 Å². The second-order valence-corrected chi connectivity index (χ2v) is 5.88. The molecule has 1 N–H and O–H groups in total. The summed E-state index contributed by atoms with van der Waals surface area (Å²) in [5, 5.41) is 12.2. The molecule has 1 amide bonds. The minimum Gasteiger partial charge on any atom is -0.497 e. The molecular formula is C19H15ClN4O2. The standard InChI is InChI=1S/C19H15ClN4O2/c1-26-13-6-4-5-12(9-13)11-22-19(25)14(10-21)17-18(20)24-16-8-3-2-7-15(16)23-17/h2-9,14H,11H2,1H3,(H,22,25). The number of fused-ring (bicyclic) bond motifs is 1. The summed E-state index contributed by atoms with van der Waals surface area (Å²) in [5.74, 6) is -0.941. The molecule has 0 saturated carbocycles. The first kappa shape index (κ1) is 17.6. The summed E-state index contributed by atoms with van der Waals surface area (Å²) in [4.78, 5) is 21.1. The molecule has 0 fully saturated rings. The number of rotatable bonds is 5. The SMILES string of the molecule is COc1cccc(CNC(=O)C(C#N)c2nc3ccccc3nc2Cl)c1. The fraction of sp³-hybridized carbons (Fsp3) is 0.158. The zero-order valence-electron chi connectivity index (χ0n) is 13.9. The Labute approximate surface area is 155 Å². The molecule has 1 unspecified atom stereocenters. The molecule has 1 aromatic heterocycles. The van der Waals surface area contributed by atoms with Crippen molar-refractivity contribution in [1.29, 1.82) is 5.26 Å². The second kappa shape index (κ2) is 7.81. The van der Waals surface area contributed by atoms with E-state index in [4.69, 9.17) is 16.3 Å². The van der Waals surface area contributed by atoms with Crippen molar-refractivity contribution in [1.82, 2.24) is 15.3 Å². The molecule has 1 atom stereocenters. The molecule has 0 radical (unpaired) electrons. The van der Waals surface area contributed by atoms with Crippen molar-refractivity contribution in [2.24, 2.45) is 0 Å². The summed E-state index contributed by atoms with van der Waals surface area (Å²) in [5.41, 5.74) is 2.18. The minimum atomic E-state index is -1.15. The van der Waals surface area contributed by atoms with Gasteiger partial charge in [-0.2, -0.15) is 5.26 Å². The third kappa shape index (κ3) is 3.73. The van der Waals surface area contributed by atoms with E-state index in [-0.39, 0.29) is 17.4 Å². The maximum absolute atomic E-state index is 12.5. The van der Waals surface area contributed by atoms with E-state index in [9.17, 15) is 10.1 Å². The van der Waals surface area contributed by atoms with Crippen LogP contribution in [0.4, 0.5) is 0 Å². The molecule has 0 saturated heterocycles. The molecule has 0 aliphatic rings. The lowest BCUT2D eigenvalue weighted by Crippen LogP contribution is -2.29. The Hall–Kier alpha value is -3.17. The number of para-hydroxylation sites is 2. The fourth-order valence-corrected chi connectivity index (χ4v) is 2.74. The van der Waals surface area contributed by atoms with Gasteiger partial charge in [-0.25, -0.2) is 9.97 Å². The molecule has 26 heavy (non-hydrogen) atoms. The molecule has 0 bridgehead atoms. The maximum atomic E-state index is 12.5. The zero-order chi connectivity index (χ0) is 18.5. The van der Waals surface area contributed by atoms with Crippen LogP contribution >= 0.6 is 11.6 Å². The van der Waals surface area contributed by atoms with Crippen molar-refractivity contribution in [2.45, 2.75) is 12.5 Å². The van der Waals surface area contributed by atoms with Gasteiger partial charge >= 0.3 is 0 Å². The van der Waals surface area contributed by atoms with Gasteiger partial charge in [0.2, 0.25) is 5.91 Å². The third-order valence-corrected chi connectivity index (χ3v) is 4.10. The van der Waals surface area contributed by atoms with Crippen LogP contribution in [0.3, 0.4) is 0 Å². The number of carbonyl (C=O) groups excluding carboxylic acids is 1. The number of benzene rings is 2. The lowest BCUT2D eigenvalue weighted by molar-refractivity contribution is -0.121. The van der Waals surface area contributed by atoms with Crippen LogP contribution in [0.25, 0.3) is 11.0 Å². The number of nitriles is 1. The Morgan fingerprint density at radius 1 is 1.23 bits per heavy atom. The van der Waals surface area contributed by atoms with Crippen LogP contribution in [0, 0.1) is 11.3 Å². The van der Waals surface area contributed by atoms with E-state index in [1.807, 2.05) is 36.4 Å². The Balaban J connectivity index is 1.81. The number of nitrogens with zero attached hydrogens (tertiary/aromatic N) is 3. The van der Waals surface area contributed by atoms with E-state index in [1.54, 1.807) is 25.3 Å². The van der Waals surface area contributed by atoms with Crippen molar-refractivity contribution in [3.8, 4) is 11.8 Å². The van der Waals surface area contributed by atoms with E-state index in [2.05, 4.69) is 15.3 Å². The number of nitrogens with one attached hydrogen (secondary N) is 1. The average Bonchev–Trinajstić information content (AvgIpc) is 2.67. The van der Waals surface area contributed by atoms with Crippen LogP contribution in [0.5, 0.6) is 5.75 Å². The van der Waals surface area contributed by atoms with E-state index >= 15 is 0 Å². The molecule has 6 nitrogen and oxygen atoms in total. The second-order valence-electron chi connectivity index (χ2n) is 5.52. The van der Waals surface area contributed by atoms with Crippen LogP contribution in [0.15, 0.2) is 48.5 Å². The van der Waals surface area contributed by atoms with Crippen molar-refractivity contribution in [3.63, 3.8) is 0 Å². The largest absolute Gasteiger partial charge is 0.497 e. The van der Waals surface area contributed by atoms with Gasteiger partial charge in [-0.1, -0.05) is 35.9 Å². The lowest BCUT2D eigenvalue weighted by atomic mass is 10.1. The lowest BCUT2D eigenvalue weighted by Gasteiger charge is -2.12. The molecule has 2 aromatic carbocycles. The van der Waals surface area contributed by atoms with E-state index < -0.39 is 11.8 Å². The third-order valence-electron chi connectivity index (χ3n) is 3.82. The molecule has 0 aliphatic heterocycles. The molecule has 3 aromatic rings. The Kier molecular flexibility index (Phi) is 5.30. The summed E-state index contributed by atoms with van der Waals surface area (Å²) in [6, 6.07) is 16.4. The monoisotopic (exact) mass is 366 g/mol. The number of carbonyl (C=O) groups is 1. The average molecular weight is 367 g/mol. The first-order chi connectivity index (χ1) is 12.6. The number of methoxy groups -OCH3 is 1. The van der Waals surface area contributed by atoms with Crippen molar-refractivity contribution in [2.75, 3.05) is 7.11 Å². The molecule has 0 spiro atoms. The van der Waals surface area contributed by atoms with Gasteiger partial charge in [0.1, 0.15) is 11.4 Å². The van der Waals surface area contributed by atoms with Gasteiger partial charge in [-0.3, -0.25) is 4.79 Å². The van der Waals surface area contributed by atoms with Gasteiger partial charge < -0.3 is 10.1 Å². The normalized spacial score (nSPS) is 11.6. The van der Waals surface area contributed by atoms with Gasteiger partial charge in [0.15, 0.2) is 11.1 Å². The molecule has 130 valence electrons. The highest BCUT2D eigenvalue weighted by molar-refractivity contribution is 6.30. The van der Waals surface area contributed by atoms with Crippen LogP contribution in [0.1, 0.15) is 17.2 Å². The topological polar surface area (TPSA) is 87.9 Å². The highest BCUT2D eigenvalue weighted by atomic mass is 35.5. The summed E-state index contributed by atoms with van der Waals surface area (Å²) in [6.07, 6.45) is 0. The number of halogens is 1. The quantitative estimate of drug-likeness (QED) is 0.749. The summed E-state index contributed by atoms with van der Waals surface area (Å²) in [7, 11) is 1.57. The van der Waals surface area contributed by atoms with Gasteiger partial charge in [-0.05, 0) is 29.8 Å². The number of hydrogen-bond acceptors (Lipinski definition) is 5. The van der Waals surface area contributed by atoms with Crippen LogP contribution in [0.2, 0.25) is 5.15 Å². The molecular weight excluding hydrogens is 352 g/mol. The molecule has 1 heterocycles. The first-order valence-corrected chi connectivity index (χ1v) is 8.22. The van der Waals surface area contributed by atoms with Crippen LogP contribution in [-0.4, -0.2) is 23.0 Å². The van der Waals surface area contributed by atoms with Gasteiger partial charge in [0, 0.05) is 6.54 Å². The predicted octanol–water partition coefficient (Wildman–Crippen LogP) is 3.22. The molecule has 7 heteroatoms. The van der Waals surface area contributed by atoms with Crippen molar-refractivity contribution >= 4 is 28.5 Å². The highest BCUT2D eigenvalue weighted by Gasteiger charge is 2.25.